The number of para-hydroxylation sites is 1. The van der Waals surface area contributed by atoms with E-state index < -0.39 is 0 Å². The highest BCUT2D eigenvalue weighted by atomic mass is 35.5. The Bertz CT molecular complexity index is 1240. The maximum atomic E-state index is 13.7. The second kappa shape index (κ2) is 9.74. The van der Waals surface area contributed by atoms with Crippen LogP contribution in [-0.4, -0.2) is 42.9 Å². The number of benzene rings is 3. The number of imide groups is 1. The van der Waals surface area contributed by atoms with Crippen molar-refractivity contribution in [1.29, 1.82) is 0 Å². The highest BCUT2D eigenvalue weighted by Crippen LogP contribution is 2.40. The van der Waals surface area contributed by atoms with Crippen LogP contribution >= 0.6 is 35.0 Å². The largest absolute Gasteiger partial charge is 0.368 e. The van der Waals surface area contributed by atoms with Crippen molar-refractivity contribution in [3.8, 4) is 0 Å². The van der Waals surface area contributed by atoms with Crippen LogP contribution in [0.4, 0.5) is 11.4 Å². The minimum Gasteiger partial charge on any atom is -0.368 e. The number of nitrogens with zero attached hydrogens (tertiary/aromatic N) is 3. The summed E-state index contributed by atoms with van der Waals surface area (Å²) in [5.74, 6) is -0.715. The normalized spacial score (nSPS) is 16.6. The van der Waals surface area contributed by atoms with Crippen LogP contribution in [-0.2, 0) is 9.59 Å². The lowest BCUT2D eigenvalue weighted by Crippen LogP contribution is -2.47. The van der Waals surface area contributed by atoms with Gasteiger partial charge in [0.1, 0.15) is 10.6 Å². The Hall–Kier alpha value is -2.93. The number of hydrogen-bond donors (Lipinski definition) is 0. The van der Waals surface area contributed by atoms with Crippen molar-refractivity contribution in [2.75, 3.05) is 36.0 Å². The molecule has 0 saturated carbocycles. The molecule has 0 atom stereocenters. The third-order valence-electron chi connectivity index (χ3n) is 5.80. The molecule has 0 N–H and O–H groups in total. The molecule has 2 aliphatic heterocycles. The lowest BCUT2D eigenvalue weighted by Gasteiger charge is -2.37. The molecule has 1 saturated heterocycles. The third kappa shape index (κ3) is 4.53. The predicted molar refractivity (Wildman–Crippen MR) is 139 cm³/mol. The zero-order valence-corrected chi connectivity index (χ0v) is 20.5. The van der Waals surface area contributed by atoms with E-state index in [0.717, 1.165) is 23.7 Å². The van der Waals surface area contributed by atoms with Crippen LogP contribution in [0.1, 0.15) is 0 Å². The Morgan fingerprint density at radius 3 is 1.82 bits per heavy atom. The van der Waals surface area contributed by atoms with Gasteiger partial charge >= 0.3 is 0 Å². The molecule has 1 fully saturated rings. The number of rotatable bonds is 5. The van der Waals surface area contributed by atoms with Crippen molar-refractivity contribution in [3.05, 3.63) is 99.5 Å². The van der Waals surface area contributed by atoms with E-state index in [-0.39, 0.29) is 11.8 Å². The number of piperazine rings is 1. The third-order valence-corrected chi connectivity index (χ3v) is 7.32. The zero-order valence-electron chi connectivity index (χ0n) is 18.2. The van der Waals surface area contributed by atoms with E-state index in [9.17, 15) is 9.59 Å². The molecular weight excluding hydrogens is 489 g/mol. The maximum Gasteiger partial charge on any atom is 0.283 e. The SMILES string of the molecule is O=C1C(Sc2ccccc2)=C(N2CCN(c3ccccc3)CC2)C(=O)N1c1cc(Cl)cc(Cl)c1. The molecule has 3 aromatic carbocycles. The van der Waals surface area contributed by atoms with Crippen LogP contribution in [0.2, 0.25) is 10.0 Å². The second-order valence-electron chi connectivity index (χ2n) is 7.98. The van der Waals surface area contributed by atoms with E-state index in [4.69, 9.17) is 23.2 Å². The molecule has 8 heteroatoms. The fraction of sp³-hybridized carbons (Fsp3) is 0.154. The molecular formula is C26H21Cl2N3O2S. The quantitative estimate of drug-likeness (QED) is 0.413. The van der Waals surface area contributed by atoms with Gasteiger partial charge in [-0.3, -0.25) is 9.59 Å². The molecule has 0 radical (unpaired) electrons. The molecule has 34 heavy (non-hydrogen) atoms. The lowest BCUT2D eigenvalue weighted by molar-refractivity contribution is -0.121. The van der Waals surface area contributed by atoms with E-state index >= 15 is 0 Å². The smallest absolute Gasteiger partial charge is 0.283 e. The van der Waals surface area contributed by atoms with Crippen LogP contribution in [0.25, 0.3) is 0 Å². The first-order chi connectivity index (χ1) is 16.5. The summed E-state index contributed by atoms with van der Waals surface area (Å²) in [6, 6.07) is 24.6. The Morgan fingerprint density at radius 2 is 1.21 bits per heavy atom. The molecule has 0 spiro atoms. The monoisotopic (exact) mass is 509 g/mol. The Labute approximate surface area is 212 Å². The van der Waals surface area contributed by atoms with Gasteiger partial charge in [0.05, 0.1) is 5.69 Å². The fourth-order valence-corrected chi connectivity index (χ4v) is 5.74. The first-order valence-electron chi connectivity index (χ1n) is 10.9. The van der Waals surface area contributed by atoms with Gasteiger partial charge in [-0.25, -0.2) is 4.90 Å². The van der Waals surface area contributed by atoms with Gasteiger partial charge in [-0.05, 0) is 42.5 Å². The molecule has 2 aliphatic rings. The summed E-state index contributed by atoms with van der Waals surface area (Å²) >= 11 is 13.7. The van der Waals surface area contributed by atoms with Gasteiger partial charge < -0.3 is 9.80 Å². The van der Waals surface area contributed by atoms with Crippen molar-refractivity contribution in [2.24, 2.45) is 0 Å². The van der Waals surface area contributed by atoms with Crippen molar-refractivity contribution >= 4 is 58.2 Å². The topological polar surface area (TPSA) is 43.9 Å². The fourth-order valence-electron chi connectivity index (χ4n) is 4.21. The molecule has 2 amide bonds. The Morgan fingerprint density at radius 1 is 0.647 bits per heavy atom. The van der Waals surface area contributed by atoms with Gasteiger partial charge in [0.2, 0.25) is 0 Å². The van der Waals surface area contributed by atoms with E-state index in [1.54, 1.807) is 18.2 Å². The van der Waals surface area contributed by atoms with Crippen LogP contribution < -0.4 is 9.80 Å². The van der Waals surface area contributed by atoms with Crippen LogP contribution in [0.5, 0.6) is 0 Å². The number of halogens is 2. The number of amides is 2. The second-order valence-corrected chi connectivity index (χ2v) is 9.93. The summed E-state index contributed by atoms with van der Waals surface area (Å²) in [5.41, 5.74) is 1.96. The van der Waals surface area contributed by atoms with Crippen molar-refractivity contribution in [2.45, 2.75) is 4.90 Å². The molecule has 5 rings (SSSR count). The van der Waals surface area contributed by atoms with Gasteiger partial charge in [0.15, 0.2) is 0 Å². The summed E-state index contributed by atoms with van der Waals surface area (Å²) < 4.78 is 0. The van der Waals surface area contributed by atoms with E-state index in [1.807, 2.05) is 53.4 Å². The standard InChI is InChI=1S/C26H21Cl2N3O2S/c27-18-15-19(28)17-21(16-18)31-25(32)23(24(26(31)33)34-22-9-5-2-6-10-22)30-13-11-29(12-14-30)20-7-3-1-4-8-20/h1-10,15-17H,11-14H2. The van der Waals surface area contributed by atoms with E-state index in [0.29, 0.717) is 39.4 Å². The molecule has 3 aromatic rings. The average molecular weight is 510 g/mol. The molecule has 0 aromatic heterocycles. The molecule has 2 heterocycles. The maximum absolute atomic E-state index is 13.7. The van der Waals surface area contributed by atoms with Crippen molar-refractivity contribution in [1.82, 2.24) is 4.90 Å². The number of carbonyl (C=O) groups is 2. The Kier molecular flexibility index (Phi) is 6.55. The first-order valence-corrected chi connectivity index (χ1v) is 12.5. The van der Waals surface area contributed by atoms with Crippen molar-refractivity contribution in [3.63, 3.8) is 0 Å². The van der Waals surface area contributed by atoms with E-state index in [1.165, 1.54) is 16.7 Å². The number of carbonyl (C=O) groups excluding carboxylic acids is 2. The average Bonchev–Trinajstić information content (AvgIpc) is 3.09. The molecule has 0 unspecified atom stereocenters. The van der Waals surface area contributed by atoms with E-state index in [2.05, 4.69) is 17.0 Å². The molecule has 0 aliphatic carbocycles. The lowest BCUT2D eigenvalue weighted by atomic mass is 10.2. The summed E-state index contributed by atoms with van der Waals surface area (Å²) in [4.78, 5) is 34.1. The molecule has 5 nitrogen and oxygen atoms in total. The molecule has 172 valence electrons. The number of hydrogen-bond acceptors (Lipinski definition) is 5. The summed E-state index contributed by atoms with van der Waals surface area (Å²) in [7, 11) is 0. The minimum atomic E-state index is -0.363. The van der Waals surface area contributed by atoms with Crippen LogP contribution in [0.15, 0.2) is 94.4 Å². The summed E-state index contributed by atoms with van der Waals surface area (Å²) in [5, 5.41) is 0.732. The van der Waals surface area contributed by atoms with Gasteiger partial charge in [0, 0.05) is 46.8 Å². The van der Waals surface area contributed by atoms with Gasteiger partial charge in [0.25, 0.3) is 11.8 Å². The highest BCUT2D eigenvalue weighted by molar-refractivity contribution is 8.04. The predicted octanol–water partition coefficient (Wildman–Crippen LogP) is 5.69. The Balaban J connectivity index is 1.47. The minimum absolute atomic E-state index is 0.352. The van der Waals surface area contributed by atoms with Crippen LogP contribution in [0.3, 0.4) is 0 Å². The van der Waals surface area contributed by atoms with Crippen LogP contribution in [0, 0.1) is 0 Å². The van der Waals surface area contributed by atoms with Gasteiger partial charge in [-0.1, -0.05) is 71.4 Å². The molecule has 0 bridgehead atoms. The van der Waals surface area contributed by atoms with Gasteiger partial charge in [-0.2, -0.15) is 0 Å². The van der Waals surface area contributed by atoms with Gasteiger partial charge in [-0.15, -0.1) is 0 Å². The summed E-state index contributed by atoms with van der Waals surface area (Å²) in [6.07, 6.45) is 0. The van der Waals surface area contributed by atoms with Crippen molar-refractivity contribution < 1.29 is 9.59 Å². The summed E-state index contributed by atoms with van der Waals surface area (Å²) in [6.45, 7) is 2.76. The first kappa shape index (κ1) is 22.8. The number of anilines is 2. The zero-order chi connectivity index (χ0) is 23.7. The highest BCUT2D eigenvalue weighted by Gasteiger charge is 2.43. The number of thioether (sulfide) groups is 1.